The number of alkyl halides is 4. The van der Waals surface area contributed by atoms with Crippen molar-refractivity contribution in [3.05, 3.63) is 58.3 Å². The Kier molecular flexibility index (Phi) is 10.5. The molecule has 2 aliphatic rings. The van der Waals surface area contributed by atoms with E-state index < -0.39 is 29.3 Å². The molecule has 44 heavy (non-hydrogen) atoms. The molecular formula is C30H34ClF4N5O4. The molecule has 0 bridgehead atoms. The second-order valence-corrected chi connectivity index (χ2v) is 11.0. The highest BCUT2D eigenvalue weighted by molar-refractivity contribution is 6.20. The van der Waals surface area contributed by atoms with Gasteiger partial charge in [-0.3, -0.25) is 9.59 Å². The van der Waals surface area contributed by atoms with E-state index in [2.05, 4.69) is 25.5 Å². The molecule has 1 aliphatic carbocycles. The topological polar surface area (TPSA) is 106 Å². The van der Waals surface area contributed by atoms with Gasteiger partial charge in [0.15, 0.2) is 5.78 Å². The molecule has 0 spiro atoms. The minimum Gasteiger partial charge on any atom is -0.495 e. The number of ether oxygens (including phenoxy) is 2. The van der Waals surface area contributed by atoms with Gasteiger partial charge in [0, 0.05) is 30.6 Å². The molecule has 2 heterocycles. The van der Waals surface area contributed by atoms with Crippen LogP contribution >= 0.6 is 11.6 Å². The van der Waals surface area contributed by atoms with E-state index in [1.54, 1.807) is 13.8 Å². The Hall–Kier alpha value is -3.71. The van der Waals surface area contributed by atoms with Crippen molar-refractivity contribution < 1.29 is 36.6 Å². The maximum absolute atomic E-state index is 15.2. The second kappa shape index (κ2) is 13.9. The number of Topliss-reactive ketones (excluding diaryl/α,β-unsaturated/α-hetero) is 1. The Morgan fingerprint density at radius 3 is 2.57 bits per heavy atom. The van der Waals surface area contributed by atoms with Crippen LogP contribution < -0.4 is 20.1 Å². The third kappa shape index (κ3) is 7.49. The molecule has 1 aromatic carbocycles. The first kappa shape index (κ1) is 33.2. The Balaban J connectivity index is 1.65. The third-order valence-electron chi connectivity index (χ3n) is 7.57. The molecule has 14 heteroatoms. The third-order valence-corrected chi connectivity index (χ3v) is 7.85. The maximum atomic E-state index is 15.2. The molecular weight excluding hydrogens is 606 g/mol. The first-order valence-corrected chi connectivity index (χ1v) is 14.7. The zero-order valence-electron chi connectivity index (χ0n) is 24.8. The number of hydrogen-bond donors (Lipinski definition) is 2. The SMILES string of the molecule is CC/C=C(/Oc1nc(Nc2cc(F)c(C(=O)NC3CCN(C)CC3)cc2OC)ncc1C(F)(F)F)C1=C(CCl)C(C)CC1=O. The van der Waals surface area contributed by atoms with E-state index in [-0.39, 0.29) is 64.3 Å². The summed E-state index contributed by atoms with van der Waals surface area (Å²) < 4.78 is 68.1. The molecule has 0 radical (unpaired) electrons. The molecule has 238 valence electrons. The summed E-state index contributed by atoms with van der Waals surface area (Å²) in [7, 11) is 3.28. The van der Waals surface area contributed by atoms with Crippen molar-refractivity contribution in [1.29, 1.82) is 0 Å². The number of rotatable bonds is 10. The summed E-state index contributed by atoms with van der Waals surface area (Å²) in [4.78, 5) is 35.4. The predicted octanol–water partition coefficient (Wildman–Crippen LogP) is 6.03. The Labute approximate surface area is 257 Å². The van der Waals surface area contributed by atoms with Gasteiger partial charge in [0.25, 0.3) is 5.91 Å². The lowest BCUT2D eigenvalue weighted by Crippen LogP contribution is -2.43. The molecule has 2 N–H and O–H groups in total. The molecule has 1 amide bonds. The number of anilines is 2. The normalized spacial score (nSPS) is 18.5. The van der Waals surface area contributed by atoms with Gasteiger partial charge in [0.05, 0.1) is 23.9 Å². The number of likely N-dealkylation sites (tertiary alicyclic amines) is 1. The molecule has 0 saturated carbocycles. The number of ketones is 1. The fraction of sp³-hybridized carbons (Fsp3) is 0.467. The van der Waals surface area contributed by atoms with Crippen LogP contribution in [-0.4, -0.2) is 65.7 Å². The van der Waals surface area contributed by atoms with E-state index in [0.29, 0.717) is 18.2 Å². The first-order valence-electron chi connectivity index (χ1n) is 14.1. The molecule has 1 unspecified atom stereocenters. The van der Waals surface area contributed by atoms with E-state index in [0.717, 1.165) is 32.0 Å². The fourth-order valence-electron chi connectivity index (χ4n) is 5.14. The number of carbonyl (C=O) groups excluding carboxylic acids is 2. The highest BCUT2D eigenvalue weighted by Crippen LogP contribution is 2.40. The number of benzene rings is 1. The zero-order chi connectivity index (χ0) is 32.2. The van der Waals surface area contributed by atoms with E-state index in [1.807, 2.05) is 7.05 Å². The Morgan fingerprint density at radius 1 is 1.25 bits per heavy atom. The molecule has 1 fully saturated rings. The number of nitrogens with one attached hydrogen (secondary N) is 2. The van der Waals surface area contributed by atoms with Crippen LogP contribution in [0.1, 0.15) is 55.5 Å². The van der Waals surface area contributed by atoms with Crippen LogP contribution in [0.3, 0.4) is 0 Å². The predicted molar refractivity (Wildman–Crippen MR) is 157 cm³/mol. The summed E-state index contributed by atoms with van der Waals surface area (Å²) in [6.07, 6.45) is -0.929. The average molecular weight is 640 g/mol. The monoisotopic (exact) mass is 639 g/mol. The highest BCUT2D eigenvalue weighted by Gasteiger charge is 2.38. The average Bonchev–Trinajstić information content (AvgIpc) is 3.25. The summed E-state index contributed by atoms with van der Waals surface area (Å²) in [5, 5.41) is 5.49. The number of nitrogens with zero attached hydrogens (tertiary/aromatic N) is 3. The van der Waals surface area contributed by atoms with Crippen molar-refractivity contribution in [2.45, 2.75) is 51.7 Å². The van der Waals surface area contributed by atoms with Gasteiger partial charge in [-0.25, -0.2) is 9.37 Å². The van der Waals surface area contributed by atoms with Gasteiger partial charge >= 0.3 is 6.18 Å². The van der Waals surface area contributed by atoms with E-state index in [4.69, 9.17) is 21.1 Å². The Morgan fingerprint density at radius 2 is 1.95 bits per heavy atom. The summed E-state index contributed by atoms with van der Waals surface area (Å²) in [6.45, 7) is 5.14. The van der Waals surface area contributed by atoms with Gasteiger partial charge in [0.1, 0.15) is 22.9 Å². The zero-order valence-corrected chi connectivity index (χ0v) is 25.5. The van der Waals surface area contributed by atoms with Crippen LogP contribution in [0.4, 0.5) is 29.2 Å². The molecule has 1 atom stereocenters. The molecule has 2 aromatic rings. The molecule has 1 aliphatic heterocycles. The van der Waals surface area contributed by atoms with Crippen LogP contribution in [0.2, 0.25) is 0 Å². The minimum atomic E-state index is -4.89. The van der Waals surface area contributed by atoms with Crippen molar-refractivity contribution >= 4 is 34.9 Å². The van der Waals surface area contributed by atoms with Crippen LogP contribution in [0.5, 0.6) is 11.6 Å². The van der Waals surface area contributed by atoms with Gasteiger partial charge < -0.3 is 25.0 Å². The lowest BCUT2D eigenvalue weighted by atomic mass is 10.0. The summed E-state index contributed by atoms with van der Waals surface area (Å²) in [6, 6.07) is 2.06. The first-order chi connectivity index (χ1) is 20.9. The van der Waals surface area contributed by atoms with E-state index in [9.17, 15) is 22.8 Å². The largest absolute Gasteiger partial charge is 0.495 e. The molecule has 1 aromatic heterocycles. The van der Waals surface area contributed by atoms with Gasteiger partial charge in [-0.1, -0.05) is 13.8 Å². The number of halogens is 5. The van der Waals surface area contributed by atoms with Crippen LogP contribution in [0.15, 0.2) is 41.3 Å². The number of hydrogen-bond acceptors (Lipinski definition) is 8. The summed E-state index contributed by atoms with van der Waals surface area (Å²) in [5.41, 5.74) is -0.874. The van der Waals surface area contributed by atoms with Crippen molar-refractivity contribution in [2.24, 2.45) is 5.92 Å². The van der Waals surface area contributed by atoms with E-state index in [1.165, 1.54) is 19.3 Å². The quantitative estimate of drug-likeness (QED) is 0.185. The van der Waals surface area contributed by atoms with Crippen LogP contribution in [-0.2, 0) is 11.0 Å². The molecule has 1 saturated heterocycles. The summed E-state index contributed by atoms with van der Waals surface area (Å²) >= 11 is 6.08. The number of methoxy groups -OCH3 is 1. The van der Waals surface area contributed by atoms with Gasteiger partial charge in [-0.2, -0.15) is 18.2 Å². The van der Waals surface area contributed by atoms with Gasteiger partial charge in [0.2, 0.25) is 11.8 Å². The standard InChI is InChI=1S/C30H34ClF4N5O4/c1-5-6-24(26-19(14-31)16(2)11-23(26)41)44-28-20(30(33,34)35)15-36-29(39-28)38-22-13-21(32)18(12-25(22)43-4)27(42)37-17-7-9-40(3)10-8-17/h6,12-13,15-17H,5,7-11,14H2,1-4H3,(H,37,42)(H,36,38,39)/b24-6+. The van der Waals surface area contributed by atoms with Crippen LogP contribution in [0.25, 0.3) is 0 Å². The van der Waals surface area contributed by atoms with Gasteiger partial charge in [-0.15, -0.1) is 11.6 Å². The maximum Gasteiger partial charge on any atom is 0.423 e. The summed E-state index contributed by atoms with van der Waals surface area (Å²) in [5.74, 6) is -3.28. The van der Waals surface area contributed by atoms with Crippen molar-refractivity contribution in [1.82, 2.24) is 20.2 Å². The van der Waals surface area contributed by atoms with Gasteiger partial charge in [-0.05, 0) is 63.0 Å². The smallest absolute Gasteiger partial charge is 0.423 e. The number of carbonyl (C=O) groups is 2. The number of aromatic nitrogens is 2. The van der Waals surface area contributed by atoms with Crippen molar-refractivity contribution in [3.8, 4) is 11.6 Å². The fourth-order valence-corrected chi connectivity index (χ4v) is 5.53. The van der Waals surface area contributed by atoms with Crippen LogP contribution in [0, 0.1) is 11.7 Å². The van der Waals surface area contributed by atoms with Crippen molar-refractivity contribution in [3.63, 3.8) is 0 Å². The van der Waals surface area contributed by atoms with E-state index >= 15 is 4.39 Å². The number of allylic oxidation sites excluding steroid dienone is 3. The highest BCUT2D eigenvalue weighted by atomic mass is 35.5. The molecule has 9 nitrogen and oxygen atoms in total. The molecule has 4 rings (SSSR count). The lowest BCUT2D eigenvalue weighted by molar-refractivity contribution is -0.139. The second-order valence-electron chi connectivity index (χ2n) is 10.8. The minimum absolute atomic E-state index is 0.00669. The Bertz CT molecular complexity index is 1470. The number of piperidine rings is 1. The lowest BCUT2D eigenvalue weighted by Gasteiger charge is -2.29. The number of amides is 1. The van der Waals surface area contributed by atoms with Crippen molar-refractivity contribution in [2.75, 3.05) is 38.4 Å².